The summed E-state index contributed by atoms with van der Waals surface area (Å²) in [5.74, 6) is -0.149. The minimum atomic E-state index is -3.27. The van der Waals surface area contributed by atoms with E-state index in [2.05, 4.69) is 479 Å². The molecule has 1 aromatic heterocycles. The van der Waals surface area contributed by atoms with Crippen LogP contribution in [0.1, 0.15) is 41.0 Å². The van der Waals surface area contributed by atoms with Crippen LogP contribution < -0.4 is 57.1 Å². The maximum Gasteiger partial charge on any atom is 0.179 e. The Morgan fingerprint density at radius 1 is 0.278 bits per heavy atom. The summed E-state index contributed by atoms with van der Waals surface area (Å²) in [4.78, 5) is 0. The Hall–Kier alpha value is -13.6. The number of benzene rings is 17. The second-order valence-corrected chi connectivity index (χ2v) is 42.2. The van der Waals surface area contributed by atoms with E-state index in [1.165, 1.54) is 157 Å². The quantitative estimate of drug-likeness (QED) is 0.0432. The second kappa shape index (κ2) is 29.8. The Balaban J connectivity index is 0.819. The van der Waals surface area contributed by atoms with Crippen LogP contribution in [0.2, 0.25) is 0 Å². The molecule has 0 radical (unpaired) electrons. The van der Waals surface area contributed by atoms with Crippen LogP contribution in [0.15, 0.2) is 484 Å². The standard InChI is InChI=1S/C111H83NSi3/c1-3-39-106(115(91-56-27-11-28-57-91,92-58-29-12-30-59-92)93-73-70-81(71-74-93)80-40-13-4-14-41-80)108-79(2)107-99-63-31-32-64-100(99)111(108)110-101(107)67-38-69-105(110)112-103-68-34-33-62-98(103)102-78-84(72-75-104(102)112)109-96(82-42-35-60-94(76-82)113(85-44-15-5-16-45-85,86-46-17-6-18-47-86)87-48-19-7-20-49-87)65-37-66-97(109)83-43-36-61-95(77-83)114(88-50-21-8-22-51-88,89-52-23-9-24-53-89)90-54-25-10-26-55-90/h3-78,107,111H,1H2,2H3/b106-39+. The monoisotopic (exact) mass is 1510 g/mol. The molecule has 2 atom stereocenters. The largest absolute Gasteiger partial charge is 0.309 e. The molecule has 17 aromatic carbocycles. The van der Waals surface area contributed by atoms with Crippen LogP contribution in [0.5, 0.6) is 0 Å². The maximum absolute atomic E-state index is 4.64. The molecule has 3 aliphatic rings. The van der Waals surface area contributed by atoms with Gasteiger partial charge in [-0.15, -0.1) is 0 Å². The minimum absolute atomic E-state index is 0.00787. The van der Waals surface area contributed by atoms with E-state index in [1.807, 2.05) is 0 Å². The molecule has 115 heavy (non-hydrogen) atoms. The first-order valence-electron chi connectivity index (χ1n) is 40.2. The lowest BCUT2D eigenvalue weighted by Gasteiger charge is -2.48. The molecule has 0 aliphatic heterocycles. The second-order valence-electron chi connectivity index (χ2n) is 30.8. The molecule has 0 saturated heterocycles. The zero-order valence-electron chi connectivity index (χ0n) is 64.2. The summed E-state index contributed by atoms with van der Waals surface area (Å²) < 4.78 is 2.63. The molecule has 4 heteroatoms. The molecule has 2 unspecified atom stereocenters. The van der Waals surface area contributed by atoms with Crippen molar-refractivity contribution in [2.24, 2.45) is 0 Å². The van der Waals surface area contributed by atoms with Gasteiger partial charge in [-0.05, 0) is 166 Å². The van der Waals surface area contributed by atoms with Crippen molar-refractivity contribution in [3.8, 4) is 50.2 Å². The van der Waals surface area contributed by atoms with Crippen LogP contribution in [0.4, 0.5) is 0 Å². The molecular formula is C111H83NSi3. The van der Waals surface area contributed by atoms with Gasteiger partial charge in [0.1, 0.15) is 0 Å². The van der Waals surface area contributed by atoms with Crippen LogP contribution in [0, 0.1) is 0 Å². The van der Waals surface area contributed by atoms with Gasteiger partial charge < -0.3 is 4.57 Å². The first kappa shape index (κ1) is 70.5. The summed E-state index contributed by atoms with van der Waals surface area (Å²) in [6.07, 6.45) is 4.50. The van der Waals surface area contributed by atoms with E-state index in [0.29, 0.717) is 0 Å². The number of fused-ring (bicyclic) bond motifs is 3. The van der Waals surface area contributed by atoms with Crippen molar-refractivity contribution in [2.75, 3.05) is 0 Å². The highest BCUT2D eigenvalue weighted by Crippen LogP contribution is 2.60. The third-order valence-corrected chi connectivity index (χ3v) is 39.4. The predicted octanol–water partition coefficient (Wildman–Crippen LogP) is 19.9. The molecule has 0 fully saturated rings. The van der Waals surface area contributed by atoms with E-state index in [-0.39, 0.29) is 11.8 Å². The Morgan fingerprint density at radius 2 is 0.626 bits per heavy atom. The van der Waals surface area contributed by atoms with Crippen molar-refractivity contribution in [1.29, 1.82) is 0 Å². The van der Waals surface area contributed by atoms with E-state index < -0.39 is 24.2 Å². The molecule has 0 amide bonds. The van der Waals surface area contributed by atoms with Gasteiger partial charge in [0.15, 0.2) is 24.2 Å². The van der Waals surface area contributed by atoms with Gasteiger partial charge in [-0.25, -0.2) is 0 Å². The fourth-order valence-electron chi connectivity index (χ4n) is 20.3. The summed E-state index contributed by atoms with van der Waals surface area (Å²) in [6, 6.07) is 171. The van der Waals surface area contributed by atoms with Crippen LogP contribution in [-0.2, 0) is 0 Å². The summed E-state index contributed by atoms with van der Waals surface area (Å²) in [5, 5.41) is 18.4. The number of para-hydroxylation sites is 1. The van der Waals surface area contributed by atoms with E-state index in [1.54, 1.807) is 0 Å². The molecule has 0 spiro atoms. The lowest BCUT2D eigenvalue weighted by molar-refractivity contribution is 0.734. The highest BCUT2D eigenvalue weighted by molar-refractivity contribution is 7.20. The topological polar surface area (TPSA) is 4.93 Å². The summed E-state index contributed by atoms with van der Waals surface area (Å²) >= 11 is 0. The Labute approximate surface area is 677 Å². The van der Waals surface area contributed by atoms with Gasteiger partial charge in [0, 0.05) is 22.6 Å². The van der Waals surface area contributed by atoms with Gasteiger partial charge in [-0.2, -0.15) is 0 Å². The number of aromatic nitrogens is 1. The molecule has 544 valence electrons. The number of rotatable bonds is 19. The van der Waals surface area contributed by atoms with Gasteiger partial charge in [0.05, 0.1) is 16.7 Å². The SMILES string of the molecule is C=C/C=C(\C1=C(C)C2c3ccccc3C1c1c2cccc1-n1c2ccccc2c2cc(-c3c(-c4cccc([Si](c5ccccc5)(c5ccccc5)c5ccccc5)c4)cccc3-c3cccc([Si](c4ccccc4)(c4ccccc4)c4ccccc4)c3)ccc21)[Si](c1ccccc1)(c1ccccc1)c1ccc(-c2ccccc2)cc1. The van der Waals surface area contributed by atoms with Gasteiger partial charge in [-0.3, -0.25) is 0 Å². The summed E-state index contributed by atoms with van der Waals surface area (Å²) in [5.41, 5.74) is 21.2. The van der Waals surface area contributed by atoms with E-state index in [9.17, 15) is 0 Å². The van der Waals surface area contributed by atoms with E-state index in [0.717, 1.165) is 11.1 Å². The first-order chi connectivity index (χ1) is 57.0. The Bertz CT molecular complexity index is 6280. The van der Waals surface area contributed by atoms with Crippen LogP contribution in [-0.4, -0.2) is 28.8 Å². The zero-order chi connectivity index (χ0) is 76.9. The molecule has 0 N–H and O–H groups in total. The molecule has 1 nitrogen and oxygen atoms in total. The third-order valence-electron chi connectivity index (χ3n) is 25.0. The van der Waals surface area contributed by atoms with Gasteiger partial charge in [-0.1, -0.05) is 449 Å². The van der Waals surface area contributed by atoms with Crippen molar-refractivity contribution >= 4 is 103 Å². The zero-order valence-corrected chi connectivity index (χ0v) is 67.2. The predicted molar refractivity (Wildman–Crippen MR) is 495 cm³/mol. The Kier molecular flexibility index (Phi) is 18.3. The van der Waals surface area contributed by atoms with Crippen molar-refractivity contribution in [3.63, 3.8) is 0 Å². The fourth-order valence-corrected chi connectivity index (χ4v) is 35.0. The summed E-state index contributed by atoms with van der Waals surface area (Å²) in [7, 11) is -9.25. The molecule has 2 bridgehead atoms. The smallest absolute Gasteiger partial charge is 0.179 e. The van der Waals surface area contributed by atoms with Gasteiger partial charge >= 0.3 is 0 Å². The molecule has 21 rings (SSSR count). The van der Waals surface area contributed by atoms with Gasteiger partial charge in [0.2, 0.25) is 0 Å². The molecular weight excluding hydrogens is 1430 g/mol. The fraction of sp³-hybridized carbons (Fsp3) is 0.0270. The van der Waals surface area contributed by atoms with Crippen LogP contribution in [0.25, 0.3) is 72.0 Å². The highest BCUT2D eigenvalue weighted by Gasteiger charge is 2.52. The van der Waals surface area contributed by atoms with E-state index >= 15 is 0 Å². The molecule has 18 aromatic rings. The van der Waals surface area contributed by atoms with Crippen molar-refractivity contribution < 1.29 is 0 Å². The van der Waals surface area contributed by atoms with Crippen molar-refractivity contribution in [3.05, 3.63) is 506 Å². The highest BCUT2D eigenvalue weighted by atomic mass is 28.3. The third kappa shape index (κ3) is 11.5. The first-order valence-corrected chi connectivity index (χ1v) is 46.2. The normalized spacial score (nSPS) is 14.0. The molecule has 0 saturated carbocycles. The molecule has 1 heterocycles. The van der Waals surface area contributed by atoms with Gasteiger partial charge in [0.25, 0.3) is 0 Å². The number of nitrogens with zero attached hydrogens (tertiary/aromatic N) is 1. The average molecular weight is 1520 g/mol. The summed E-state index contributed by atoms with van der Waals surface area (Å²) in [6.45, 7) is 7.09. The number of hydrogen-bond acceptors (Lipinski definition) is 0. The molecule has 3 aliphatic carbocycles. The Morgan fingerprint density at radius 3 is 1.10 bits per heavy atom. The van der Waals surface area contributed by atoms with E-state index in [4.69, 9.17) is 0 Å². The van der Waals surface area contributed by atoms with Crippen LogP contribution >= 0.6 is 0 Å². The minimum Gasteiger partial charge on any atom is -0.309 e. The lowest BCUT2D eigenvalue weighted by atomic mass is 9.60. The van der Waals surface area contributed by atoms with Crippen LogP contribution in [0.3, 0.4) is 0 Å². The maximum atomic E-state index is 4.64. The average Bonchev–Trinajstić information content (AvgIpc) is 1.55. The number of hydrogen-bond donors (Lipinski definition) is 0. The van der Waals surface area contributed by atoms with Crippen molar-refractivity contribution in [1.82, 2.24) is 4.57 Å². The lowest BCUT2D eigenvalue weighted by Crippen LogP contribution is -2.74. The number of allylic oxidation sites excluding steroid dienone is 5. The van der Waals surface area contributed by atoms with Crippen molar-refractivity contribution in [2.45, 2.75) is 18.8 Å².